The van der Waals surface area contributed by atoms with Crippen LogP contribution in [-0.4, -0.2) is 52.5 Å². The maximum Gasteiger partial charge on any atom is 0.234 e. The Morgan fingerprint density at radius 3 is 2.82 bits per heavy atom. The molecule has 1 aliphatic carbocycles. The molecule has 1 saturated carbocycles. The molecule has 1 aliphatic rings. The molecule has 0 unspecified atom stereocenters. The number of nitrogens with one attached hydrogen (secondary N) is 2. The van der Waals surface area contributed by atoms with Gasteiger partial charge in [0, 0.05) is 26.9 Å². The second-order valence-corrected chi connectivity index (χ2v) is 4.39. The molecule has 2 N–H and O–H groups in total. The number of carbonyl (C=O) groups is 1. The minimum absolute atomic E-state index is 0.0148. The number of methoxy groups -OCH3 is 1. The average Bonchev–Trinajstić information content (AvgIpc) is 3.12. The van der Waals surface area contributed by atoms with E-state index >= 15 is 0 Å². The van der Waals surface area contributed by atoms with E-state index in [0.717, 1.165) is 32.1 Å². The van der Waals surface area contributed by atoms with Crippen LogP contribution < -0.4 is 10.6 Å². The van der Waals surface area contributed by atoms with E-state index in [0.29, 0.717) is 19.7 Å². The highest BCUT2D eigenvalue weighted by Gasteiger charge is 2.20. The molecule has 0 aromatic heterocycles. The van der Waals surface area contributed by atoms with Crippen molar-refractivity contribution < 1.29 is 14.3 Å². The molecule has 5 heteroatoms. The molecule has 1 rings (SSSR count). The lowest BCUT2D eigenvalue weighted by Gasteiger charge is -2.06. The molecule has 0 aliphatic heterocycles. The summed E-state index contributed by atoms with van der Waals surface area (Å²) in [5, 5.41) is 5.83. The first-order valence-corrected chi connectivity index (χ1v) is 6.37. The topological polar surface area (TPSA) is 59.6 Å². The first-order chi connectivity index (χ1) is 8.33. The van der Waals surface area contributed by atoms with Crippen LogP contribution >= 0.6 is 0 Å². The Kier molecular flexibility index (Phi) is 7.96. The van der Waals surface area contributed by atoms with Crippen molar-refractivity contribution in [1.82, 2.24) is 10.6 Å². The molecule has 100 valence electrons. The van der Waals surface area contributed by atoms with E-state index in [1.807, 2.05) is 0 Å². The van der Waals surface area contributed by atoms with Gasteiger partial charge in [0.2, 0.25) is 5.91 Å². The van der Waals surface area contributed by atoms with Crippen LogP contribution in [0.2, 0.25) is 0 Å². The van der Waals surface area contributed by atoms with E-state index in [9.17, 15) is 4.79 Å². The van der Waals surface area contributed by atoms with Crippen LogP contribution in [0.4, 0.5) is 0 Å². The third-order valence-corrected chi connectivity index (χ3v) is 2.61. The van der Waals surface area contributed by atoms with E-state index in [1.165, 1.54) is 12.8 Å². The molecule has 0 atom stereocenters. The molecule has 17 heavy (non-hydrogen) atoms. The van der Waals surface area contributed by atoms with E-state index < -0.39 is 0 Å². The zero-order valence-electron chi connectivity index (χ0n) is 10.7. The zero-order chi connectivity index (χ0) is 12.3. The fourth-order valence-corrected chi connectivity index (χ4v) is 1.39. The summed E-state index contributed by atoms with van der Waals surface area (Å²) in [7, 11) is 1.62. The predicted octanol–water partition coefficient (Wildman–Crippen LogP) is 0.155. The highest BCUT2D eigenvalue weighted by Crippen LogP contribution is 2.28. The Hall–Kier alpha value is -0.650. The summed E-state index contributed by atoms with van der Waals surface area (Å²) in [6.45, 7) is 4.02. The van der Waals surface area contributed by atoms with Gasteiger partial charge in [0.25, 0.3) is 0 Å². The SMILES string of the molecule is COCCNC(=O)CNCCCOCC1CC1. The van der Waals surface area contributed by atoms with Crippen molar-refractivity contribution in [2.75, 3.05) is 46.6 Å². The summed E-state index contributed by atoms with van der Waals surface area (Å²) in [6.07, 6.45) is 3.62. The van der Waals surface area contributed by atoms with Gasteiger partial charge in [-0.3, -0.25) is 4.79 Å². The number of ether oxygens (including phenoxy) is 2. The second-order valence-electron chi connectivity index (χ2n) is 4.39. The molecule has 0 spiro atoms. The van der Waals surface area contributed by atoms with Crippen molar-refractivity contribution in [2.24, 2.45) is 5.92 Å². The third kappa shape index (κ3) is 9.09. The fraction of sp³-hybridized carbons (Fsp3) is 0.917. The molecule has 5 nitrogen and oxygen atoms in total. The number of carbonyl (C=O) groups excluding carboxylic acids is 1. The summed E-state index contributed by atoms with van der Waals surface area (Å²) >= 11 is 0. The molecular weight excluding hydrogens is 220 g/mol. The maximum absolute atomic E-state index is 11.2. The standard InChI is InChI=1S/C12H24N2O3/c1-16-8-6-14-12(15)9-13-5-2-7-17-10-11-3-4-11/h11,13H,2-10H2,1H3,(H,14,15). The quantitative estimate of drug-likeness (QED) is 0.508. The first-order valence-electron chi connectivity index (χ1n) is 6.37. The zero-order valence-corrected chi connectivity index (χ0v) is 10.7. The van der Waals surface area contributed by atoms with Gasteiger partial charge < -0.3 is 20.1 Å². The summed E-state index contributed by atoms with van der Waals surface area (Å²) in [5.41, 5.74) is 0. The lowest BCUT2D eigenvalue weighted by molar-refractivity contribution is -0.120. The van der Waals surface area contributed by atoms with E-state index in [1.54, 1.807) is 7.11 Å². The Labute approximate surface area is 103 Å². The van der Waals surface area contributed by atoms with Gasteiger partial charge in [-0.05, 0) is 31.7 Å². The van der Waals surface area contributed by atoms with Crippen molar-refractivity contribution in [3.8, 4) is 0 Å². The van der Waals surface area contributed by atoms with Crippen molar-refractivity contribution in [1.29, 1.82) is 0 Å². The normalized spacial score (nSPS) is 14.9. The molecule has 1 amide bonds. The fourth-order valence-electron chi connectivity index (χ4n) is 1.39. The summed E-state index contributed by atoms with van der Waals surface area (Å²) < 4.78 is 10.3. The van der Waals surface area contributed by atoms with E-state index in [-0.39, 0.29) is 5.91 Å². The minimum atomic E-state index is 0.0148. The van der Waals surface area contributed by atoms with Crippen molar-refractivity contribution in [2.45, 2.75) is 19.3 Å². The van der Waals surface area contributed by atoms with E-state index in [2.05, 4.69) is 10.6 Å². The Balaban J connectivity index is 1.74. The minimum Gasteiger partial charge on any atom is -0.383 e. The van der Waals surface area contributed by atoms with Crippen LogP contribution in [0.3, 0.4) is 0 Å². The summed E-state index contributed by atoms with van der Waals surface area (Å²) in [6, 6.07) is 0. The third-order valence-electron chi connectivity index (χ3n) is 2.61. The maximum atomic E-state index is 11.2. The van der Waals surface area contributed by atoms with Crippen LogP contribution in [0.25, 0.3) is 0 Å². The molecule has 0 aromatic rings. The van der Waals surface area contributed by atoms with Crippen molar-refractivity contribution >= 4 is 5.91 Å². The Morgan fingerprint density at radius 2 is 2.12 bits per heavy atom. The highest BCUT2D eigenvalue weighted by atomic mass is 16.5. The van der Waals surface area contributed by atoms with Gasteiger partial charge in [-0.25, -0.2) is 0 Å². The Morgan fingerprint density at radius 1 is 1.29 bits per heavy atom. The molecule has 0 bridgehead atoms. The van der Waals surface area contributed by atoms with Crippen LogP contribution in [0, 0.1) is 5.92 Å². The van der Waals surface area contributed by atoms with Crippen molar-refractivity contribution in [3.05, 3.63) is 0 Å². The molecule has 0 saturated heterocycles. The highest BCUT2D eigenvalue weighted by molar-refractivity contribution is 5.77. The number of hydrogen-bond acceptors (Lipinski definition) is 4. The van der Waals surface area contributed by atoms with Gasteiger partial charge in [0.15, 0.2) is 0 Å². The van der Waals surface area contributed by atoms with Crippen LogP contribution in [0.1, 0.15) is 19.3 Å². The molecule has 0 aromatic carbocycles. The first kappa shape index (κ1) is 14.4. The molecular formula is C12H24N2O3. The van der Waals surface area contributed by atoms with Gasteiger partial charge in [0.05, 0.1) is 13.2 Å². The van der Waals surface area contributed by atoms with Gasteiger partial charge in [-0.1, -0.05) is 0 Å². The second kappa shape index (κ2) is 9.39. The average molecular weight is 244 g/mol. The number of hydrogen-bond donors (Lipinski definition) is 2. The van der Waals surface area contributed by atoms with Crippen LogP contribution in [0.5, 0.6) is 0 Å². The Bertz CT molecular complexity index is 208. The summed E-state index contributed by atoms with van der Waals surface area (Å²) in [4.78, 5) is 11.2. The van der Waals surface area contributed by atoms with Crippen LogP contribution in [-0.2, 0) is 14.3 Å². The summed E-state index contributed by atoms with van der Waals surface area (Å²) in [5.74, 6) is 0.843. The number of rotatable bonds is 11. The molecule has 0 radical (unpaired) electrons. The van der Waals surface area contributed by atoms with Crippen molar-refractivity contribution in [3.63, 3.8) is 0 Å². The monoisotopic (exact) mass is 244 g/mol. The lowest BCUT2D eigenvalue weighted by Crippen LogP contribution is -2.36. The van der Waals surface area contributed by atoms with E-state index in [4.69, 9.17) is 9.47 Å². The van der Waals surface area contributed by atoms with Gasteiger partial charge in [-0.15, -0.1) is 0 Å². The number of amides is 1. The lowest BCUT2D eigenvalue weighted by atomic mass is 10.4. The van der Waals surface area contributed by atoms with Gasteiger partial charge in [-0.2, -0.15) is 0 Å². The smallest absolute Gasteiger partial charge is 0.234 e. The molecule has 0 heterocycles. The molecule has 1 fully saturated rings. The predicted molar refractivity (Wildman–Crippen MR) is 65.9 cm³/mol. The van der Waals surface area contributed by atoms with Gasteiger partial charge >= 0.3 is 0 Å². The van der Waals surface area contributed by atoms with Crippen LogP contribution in [0.15, 0.2) is 0 Å². The largest absolute Gasteiger partial charge is 0.383 e. The van der Waals surface area contributed by atoms with Gasteiger partial charge in [0.1, 0.15) is 0 Å².